The third kappa shape index (κ3) is 1.30. The molecule has 1 saturated heterocycles. The van der Waals surface area contributed by atoms with Crippen LogP contribution in [-0.2, 0) is 9.53 Å². The molecule has 0 amide bonds. The molecule has 0 radical (unpaired) electrons. The maximum absolute atomic E-state index is 10.9. The van der Waals surface area contributed by atoms with Crippen molar-refractivity contribution in [3.63, 3.8) is 0 Å². The smallest absolute Gasteiger partial charge is 0.161 e. The normalized spacial score (nSPS) is 36.9. The lowest BCUT2D eigenvalue weighted by atomic mass is 9.91. The largest absolute Gasteiger partial charge is 0.373 e. The Kier molecular flexibility index (Phi) is 1.86. The first-order chi connectivity index (χ1) is 4.22. The first-order valence-corrected chi connectivity index (χ1v) is 3.32. The molecule has 1 fully saturated rings. The summed E-state index contributed by atoms with van der Waals surface area (Å²) in [5.41, 5.74) is 0. The SMILES string of the molecule is CC1C(=O)COC[C@@H]1C. The summed E-state index contributed by atoms with van der Waals surface area (Å²) in [5.74, 6) is 0.860. The van der Waals surface area contributed by atoms with Crippen LogP contribution in [0.3, 0.4) is 0 Å². The summed E-state index contributed by atoms with van der Waals surface area (Å²) in [6.45, 7) is 5.08. The van der Waals surface area contributed by atoms with E-state index in [0.717, 1.165) is 6.61 Å². The minimum atomic E-state index is 0.207. The molecule has 2 heteroatoms. The number of ketones is 1. The van der Waals surface area contributed by atoms with E-state index >= 15 is 0 Å². The van der Waals surface area contributed by atoms with Crippen molar-refractivity contribution in [1.29, 1.82) is 0 Å². The van der Waals surface area contributed by atoms with Crippen molar-refractivity contribution in [1.82, 2.24) is 0 Å². The van der Waals surface area contributed by atoms with E-state index in [2.05, 4.69) is 0 Å². The summed E-state index contributed by atoms with van der Waals surface area (Å²) in [4.78, 5) is 10.9. The summed E-state index contributed by atoms with van der Waals surface area (Å²) in [5, 5.41) is 0. The van der Waals surface area contributed by atoms with Crippen LogP contribution in [0, 0.1) is 11.8 Å². The van der Waals surface area contributed by atoms with Gasteiger partial charge in [-0.3, -0.25) is 4.79 Å². The second-order valence-electron chi connectivity index (χ2n) is 2.75. The molecule has 2 atom stereocenters. The fraction of sp³-hybridized carbons (Fsp3) is 0.857. The molecule has 52 valence electrons. The molecule has 0 aromatic heterocycles. The molecule has 0 N–H and O–H groups in total. The lowest BCUT2D eigenvalue weighted by Crippen LogP contribution is -2.32. The average Bonchev–Trinajstić information content (AvgIpc) is 1.83. The van der Waals surface area contributed by atoms with E-state index < -0.39 is 0 Å². The molecule has 0 aliphatic carbocycles. The molecule has 0 saturated carbocycles. The number of carbonyl (C=O) groups is 1. The van der Waals surface area contributed by atoms with Gasteiger partial charge in [0.25, 0.3) is 0 Å². The molecule has 1 aliphatic heterocycles. The second-order valence-corrected chi connectivity index (χ2v) is 2.75. The first-order valence-electron chi connectivity index (χ1n) is 3.32. The van der Waals surface area contributed by atoms with E-state index in [1.54, 1.807) is 0 Å². The van der Waals surface area contributed by atoms with E-state index in [4.69, 9.17) is 4.74 Å². The number of rotatable bonds is 0. The molecule has 2 nitrogen and oxygen atoms in total. The number of hydrogen-bond acceptors (Lipinski definition) is 2. The zero-order valence-corrected chi connectivity index (χ0v) is 5.89. The third-order valence-corrected chi connectivity index (χ3v) is 1.99. The molecule has 9 heavy (non-hydrogen) atoms. The summed E-state index contributed by atoms with van der Waals surface area (Å²) in [7, 11) is 0. The summed E-state index contributed by atoms with van der Waals surface area (Å²) >= 11 is 0. The van der Waals surface area contributed by atoms with Gasteiger partial charge in [0.15, 0.2) is 5.78 Å². The topological polar surface area (TPSA) is 26.3 Å². The number of carbonyl (C=O) groups excluding carboxylic acids is 1. The van der Waals surface area contributed by atoms with Crippen molar-refractivity contribution >= 4 is 5.78 Å². The molecule has 1 rings (SSSR count). The number of ether oxygens (including phenoxy) is 1. The maximum Gasteiger partial charge on any atom is 0.161 e. The van der Waals surface area contributed by atoms with Gasteiger partial charge in [-0.1, -0.05) is 13.8 Å². The maximum atomic E-state index is 10.9. The monoisotopic (exact) mass is 128 g/mol. The predicted octanol–water partition coefficient (Wildman–Crippen LogP) is 0.858. The molecule has 1 unspecified atom stereocenters. The van der Waals surface area contributed by atoms with Crippen molar-refractivity contribution in [3.05, 3.63) is 0 Å². The highest BCUT2D eigenvalue weighted by atomic mass is 16.5. The summed E-state index contributed by atoms with van der Waals surface area (Å²) < 4.78 is 5.01. The van der Waals surface area contributed by atoms with Crippen LogP contribution in [0.25, 0.3) is 0 Å². The lowest BCUT2D eigenvalue weighted by molar-refractivity contribution is -0.135. The standard InChI is InChI=1S/C7H12O2/c1-5-3-9-4-7(8)6(5)2/h5-6H,3-4H2,1-2H3/t5-,6?/m0/s1. The lowest BCUT2D eigenvalue weighted by Gasteiger charge is -2.23. The Morgan fingerprint density at radius 1 is 1.56 bits per heavy atom. The van der Waals surface area contributed by atoms with E-state index in [1.165, 1.54) is 0 Å². The summed E-state index contributed by atoms with van der Waals surface area (Å²) in [6.07, 6.45) is 0. The first kappa shape index (κ1) is 6.75. The highest BCUT2D eigenvalue weighted by Gasteiger charge is 2.24. The third-order valence-electron chi connectivity index (χ3n) is 1.99. The fourth-order valence-corrected chi connectivity index (χ4v) is 0.939. The average molecular weight is 128 g/mol. The molecular weight excluding hydrogens is 116 g/mol. The van der Waals surface area contributed by atoms with Crippen molar-refractivity contribution in [2.75, 3.05) is 13.2 Å². The summed E-state index contributed by atoms with van der Waals surface area (Å²) in [6, 6.07) is 0. The number of Topliss-reactive ketones (excluding diaryl/α,β-unsaturated/α-hetero) is 1. The van der Waals surface area contributed by atoms with Crippen LogP contribution in [0.2, 0.25) is 0 Å². The van der Waals surface area contributed by atoms with Crippen molar-refractivity contribution in [2.45, 2.75) is 13.8 Å². The van der Waals surface area contributed by atoms with E-state index in [1.807, 2.05) is 13.8 Å². The van der Waals surface area contributed by atoms with Gasteiger partial charge in [0.2, 0.25) is 0 Å². The minimum Gasteiger partial charge on any atom is -0.373 e. The zero-order valence-electron chi connectivity index (χ0n) is 5.89. The Balaban J connectivity index is 2.51. The van der Waals surface area contributed by atoms with Crippen LogP contribution < -0.4 is 0 Å². The Bertz CT molecular complexity index is 120. The molecule has 0 spiro atoms. The molecule has 0 aromatic carbocycles. The molecule has 1 heterocycles. The van der Waals surface area contributed by atoms with Crippen LogP contribution in [0.1, 0.15) is 13.8 Å². The molecule has 1 aliphatic rings. The van der Waals surface area contributed by atoms with Gasteiger partial charge in [0.05, 0.1) is 6.61 Å². The Morgan fingerprint density at radius 3 is 2.67 bits per heavy atom. The van der Waals surface area contributed by atoms with E-state index in [0.29, 0.717) is 12.5 Å². The Labute approximate surface area is 55.2 Å². The van der Waals surface area contributed by atoms with Crippen LogP contribution >= 0.6 is 0 Å². The minimum absolute atomic E-state index is 0.207. The van der Waals surface area contributed by atoms with Gasteiger partial charge >= 0.3 is 0 Å². The highest BCUT2D eigenvalue weighted by molar-refractivity contribution is 5.82. The molecule has 0 bridgehead atoms. The van der Waals surface area contributed by atoms with Gasteiger partial charge < -0.3 is 4.74 Å². The molecule has 0 aromatic rings. The van der Waals surface area contributed by atoms with Gasteiger partial charge in [-0.05, 0) is 5.92 Å². The zero-order chi connectivity index (χ0) is 6.85. The second kappa shape index (κ2) is 2.48. The van der Waals surface area contributed by atoms with E-state index in [9.17, 15) is 4.79 Å². The van der Waals surface area contributed by atoms with Gasteiger partial charge in [-0.15, -0.1) is 0 Å². The Hall–Kier alpha value is -0.370. The van der Waals surface area contributed by atoms with Crippen LogP contribution in [-0.4, -0.2) is 19.0 Å². The quantitative estimate of drug-likeness (QED) is 0.483. The van der Waals surface area contributed by atoms with E-state index in [-0.39, 0.29) is 11.7 Å². The van der Waals surface area contributed by atoms with Crippen molar-refractivity contribution < 1.29 is 9.53 Å². The van der Waals surface area contributed by atoms with Crippen LogP contribution in [0.15, 0.2) is 0 Å². The van der Waals surface area contributed by atoms with Gasteiger partial charge in [0.1, 0.15) is 6.61 Å². The number of hydrogen-bond donors (Lipinski definition) is 0. The fourth-order valence-electron chi connectivity index (χ4n) is 0.939. The van der Waals surface area contributed by atoms with Crippen molar-refractivity contribution in [2.24, 2.45) is 11.8 Å². The van der Waals surface area contributed by atoms with Gasteiger partial charge in [-0.25, -0.2) is 0 Å². The van der Waals surface area contributed by atoms with Crippen LogP contribution in [0.5, 0.6) is 0 Å². The van der Waals surface area contributed by atoms with Gasteiger partial charge in [-0.2, -0.15) is 0 Å². The predicted molar refractivity (Wildman–Crippen MR) is 34.2 cm³/mol. The van der Waals surface area contributed by atoms with Gasteiger partial charge in [0, 0.05) is 5.92 Å². The van der Waals surface area contributed by atoms with Crippen molar-refractivity contribution in [3.8, 4) is 0 Å². The Morgan fingerprint density at radius 2 is 2.22 bits per heavy atom. The highest BCUT2D eigenvalue weighted by Crippen LogP contribution is 2.16. The molecular formula is C7H12O2. The van der Waals surface area contributed by atoms with Crippen LogP contribution in [0.4, 0.5) is 0 Å².